The summed E-state index contributed by atoms with van der Waals surface area (Å²) in [7, 11) is 1.54. The van der Waals surface area contributed by atoms with Crippen LogP contribution in [0.1, 0.15) is 21.6 Å². The lowest BCUT2D eigenvalue weighted by Gasteiger charge is -2.31. The van der Waals surface area contributed by atoms with Gasteiger partial charge in [-0.3, -0.25) is 14.8 Å². The van der Waals surface area contributed by atoms with E-state index in [0.717, 1.165) is 11.1 Å². The number of aliphatic hydroxyl groups excluding tert-OH is 2. The summed E-state index contributed by atoms with van der Waals surface area (Å²) in [6.07, 6.45) is -0.330. The summed E-state index contributed by atoms with van der Waals surface area (Å²) in [6, 6.07) is 17.3. The van der Waals surface area contributed by atoms with Crippen LogP contribution in [-0.2, 0) is 5.75 Å². The SMILES string of the molecule is CNC(=O)c1cc(CSC2N=C(N3CC(O)C(O)C3)C(C#N)=C(c3ccccc3)C2C#N)ccn1. The number of carbonyl (C=O) groups is 1. The van der Waals surface area contributed by atoms with Crippen LogP contribution in [0, 0.1) is 28.6 Å². The molecule has 178 valence electrons. The molecule has 3 N–H and O–H groups in total. The molecule has 10 heteroatoms. The second-order valence-corrected chi connectivity index (χ2v) is 9.30. The van der Waals surface area contributed by atoms with Crippen molar-refractivity contribution in [2.75, 3.05) is 20.1 Å². The molecule has 2 aliphatic heterocycles. The number of nitrogens with one attached hydrogen (secondary N) is 1. The Bertz CT molecular complexity index is 1240. The molecular formula is C25H24N6O3S. The van der Waals surface area contributed by atoms with Crippen molar-refractivity contribution in [2.45, 2.75) is 23.3 Å². The van der Waals surface area contributed by atoms with Gasteiger partial charge in [-0.05, 0) is 23.3 Å². The molecule has 0 radical (unpaired) electrons. The summed E-state index contributed by atoms with van der Waals surface area (Å²) >= 11 is 1.42. The predicted octanol–water partition coefficient (Wildman–Crippen LogP) is 1.57. The van der Waals surface area contributed by atoms with Crippen LogP contribution >= 0.6 is 11.8 Å². The number of likely N-dealkylation sites (tertiary alicyclic amines) is 1. The highest BCUT2D eigenvalue weighted by molar-refractivity contribution is 7.99. The number of nitriles is 2. The van der Waals surface area contributed by atoms with Gasteiger partial charge in [-0.1, -0.05) is 30.3 Å². The number of hydrogen-bond acceptors (Lipinski definition) is 9. The summed E-state index contributed by atoms with van der Waals surface area (Å²) < 4.78 is 0. The van der Waals surface area contributed by atoms with Crippen LogP contribution in [0.5, 0.6) is 0 Å². The maximum atomic E-state index is 12.0. The Morgan fingerprint density at radius 1 is 1.20 bits per heavy atom. The topological polar surface area (TPSA) is 146 Å². The van der Waals surface area contributed by atoms with E-state index >= 15 is 0 Å². The van der Waals surface area contributed by atoms with E-state index < -0.39 is 23.5 Å². The first-order chi connectivity index (χ1) is 17.0. The lowest BCUT2D eigenvalue weighted by atomic mass is 9.86. The van der Waals surface area contributed by atoms with Gasteiger partial charge in [0.25, 0.3) is 5.91 Å². The average Bonchev–Trinajstić information content (AvgIpc) is 3.24. The lowest BCUT2D eigenvalue weighted by molar-refractivity contribution is 0.0572. The highest BCUT2D eigenvalue weighted by atomic mass is 32.2. The Labute approximate surface area is 207 Å². The first-order valence-corrected chi connectivity index (χ1v) is 12.1. The fourth-order valence-electron chi connectivity index (χ4n) is 4.17. The second kappa shape index (κ2) is 10.7. The van der Waals surface area contributed by atoms with Crippen molar-refractivity contribution in [3.8, 4) is 12.1 Å². The highest BCUT2D eigenvalue weighted by Gasteiger charge is 2.40. The van der Waals surface area contributed by atoms with Gasteiger partial charge in [0.15, 0.2) is 0 Å². The van der Waals surface area contributed by atoms with Gasteiger partial charge in [0.2, 0.25) is 0 Å². The minimum atomic E-state index is -0.947. The zero-order valence-corrected chi connectivity index (χ0v) is 19.8. The van der Waals surface area contributed by atoms with E-state index in [0.29, 0.717) is 22.9 Å². The maximum Gasteiger partial charge on any atom is 0.269 e. The molecule has 0 saturated carbocycles. The van der Waals surface area contributed by atoms with E-state index in [1.54, 1.807) is 23.2 Å². The van der Waals surface area contributed by atoms with Crippen LogP contribution in [0.2, 0.25) is 0 Å². The molecule has 4 atom stereocenters. The number of β-amino-alcohol motifs (C(OH)–C–C–N with tert-alkyl or cyclic N) is 2. The standard InChI is InChI=1S/C25H24N6O3S/c1-28-24(34)19-9-15(7-8-29-19)14-35-25-18(11-27)22(16-5-3-2-4-6-16)17(10-26)23(30-25)31-12-20(32)21(33)13-31/h2-9,18,20-21,25,32-33H,12-14H2,1H3,(H,28,34). The number of aliphatic imine (C=N–C) groups is 1. The third-order valence-electron chi connectivity index (χ3n) is 5.94. The number of dihydropyridines is 1. The zero-order valence-electron chi connectivity index (χ0n) is 19.0. The molecule has 9 nitrogen and oxygen atoms in total. The average molecular weight is 489 g/mol. The van der Waals surface area contributed by atoms with Crippen molar-refractivity contribution in [3.05, 3.63) is 71.1 Å². The summed E-state index contributed by atoms with van der Waals surface area (Å²) in [4.78, 5) is 22.5. The molecule has 1 fully saturated rings. The molecular weight excluding hydrogens is 464 g/mol. The molecule has 1 aromatic carbocycles. The summed E-state index contributed by atoms with van der Waals surface area (Å²) in [5.74, 6) is -0.157. The second-order valence-electron chi connectivity index (χ2n) is 8.20. The van der Waals surface area contributed by atoms with Gasteiger partial charge < -0.3 is 20.4 Å². The Hall–Kier alpha value is -3.70. The van der Waals surface area contributed by atoms with Crippen LogP contribution in [0.3, 0.4) is 0 Å². The fraction of sp³-hybridized carbons (Fsp3) is 0.320. The van der Waals surface area contributed by atoms with Crippen molar-refractivity contribution in [3.63, 3.8) is 0 Å². The molecule has 1 saturated heterocycles. The minimum absolute atomic E-state index is 0.141. The van der Waals surface area contributed by atoms with Gasteiger partial charge in [-0.25, -0.2) is 0 Å². The van der Waals surface area contributed by atoms with Gasteiger partial charge >= 0.3 is 0 Å². The number of rotatable bonds is 5. The third-order valence-corrected chi connectivity index (χ3v) is 7.16. The van der Waals surface area contributed by atoms with E-state index in [4.69, 9.17) is 4.99 Å². The van der Waals surface area contributed by atoms with Gasteiger partial charge in [-0.2, -0.15) is 10.5 Å². The van der Waals surface area contributed by atoms with Crippen molar-refractivity contribution >= 4 is 29.1 Å². The van der Waals surface area contributed by atoms with Crippen molar-refractivity contribution in [2.24, 2.45) is 10.9 Å². The van der Waals surface area contributed by atoms with Crippen molar-refractivity contribution in [1.29, 1.82) is 10.5 Å². The van der Waals surface area contributed by atoms with E-state index in [1.807, 2.05) is 30.3 Å². The number of amidine groups is 1. The number of thioether (sulfide) groups is 1. The Balaban J connectivity index is 1.71. The van der Waals surface area contributed by atoms with E-state index in [1.165, 1.54) is 18.8 Å². The van der Waals surface area contributed by atoms with Gasteiger partial charge in [-0.15, -0.1) is 11.8 Å². The first-order valence-electron chi connectivity index (χ1n) is 11.0. The van der Waals surface area contributed by atoms with Crippen LogP contribution in [-0.4, -0.2) is 69.6 Å². The Morgan fingerprint density at radius 3 is 2.54 bits per heavy atom. The van der Waals surface area contributed by atoms with Gasteiger partial charge in [0, 0.05) is 37.7 Å². The van der Waals surface area contributed by atoms with Gasteiger partial charge in [0.1, 0.15) is 28.9 Å². The Kier molecular flexibility index (Phi) is 7.47. The molecule has 1 amide bonds. The number of nitrogens with zero attached hydrogens (tertiary/aromatic N) is 5. The third kappa shape index (κ3) is 5.05. The quantitative estimate of drug-likeness (QED) is 0.575. The van der Waals surface area contributed by atoms with Crippen LogP contribution in [0.25, 0.3) is 5.57 Å². The Morgan fingerprint density at radius 2 is 1.91 bits per heavy atom. The van der Waals surface area contributed by atoms with Crippen LogP contribution in [0.15, 0.2) is 59.2 Å². The summed E-state index contributed by atoms with van der Waals surface area (Å²) in [5.41, 5.74) is 2.74. The molecule has 0 aliphatic carbocycles. The largest absolute Gasteiger partial charge is 0.389 e. The lowest BCUT2D eigenvalue weighted by Crippen LogP contribution is -2.37. The first kappa shape index (κ1) is 24.4. The molecule has 1 aromatic heterocycles. The van der Waals surface area contributed by atoms with Crippen LogP contribution in [0.4, 0.5) is 0 Å². The highest BCUT2D eigenvalue weighted by Crippen LogP contribution is 2.40. The molecule has 0 bridgehead atoms. The molecule has 3 heterocycles. The van der Waals surface area contributed by atoms with Gasteiger partial charge in [0.05, 0.1) is 23.9 Å². The normalized spacial score (nSPS) is 23.9. The molecule has 35 heavy (non-hydrogen) atoms. The monoisotopic (exact) mass is 488 g/mol. The number of benzene rings is 1. The number of carbonyl (C=O) groups excluding carboxylic acids is 1. The predicted molar refractivity (Wildman–Crippen MR) is 132 cm³/mol. The number of amides is 1. The number of hydrogen-bond donors (Lipinski definition) is 3. The van der Waals surface area contributed by atoms with Crippen LogP contribution < -0.4 is 5.32 Å². The van der Waals surface area contributed by atoms with E-state index in [-0.39, 0.29) is 24.6 Å². The van der Waals surface area contributed by atoms with E-state index in [2.05, 4.69) is 22.4 Å². The summed E-state index contributed by atoms with van der Waals surface area (Å²) in [6.45, 7) is 0.281. The zero-order chi connectivity index (χ0) is 24.9. The van der Waals surface area contributed by atoms with Crippen molar-refractivity contribution in [1.82, 2.24) is 15.2 Å². The van der Waals surface area contributed by atoms with Crippen molar-refractivity contribution < 1.29 is 15.0 Å². The molecule has 0 spiro atoms. The number of aromatic nitrogens is 1. The fourth-order valence-corrected chi connectivity index (χ4v) is 5.28. The molecule has 4 unspecified atom stereocenters. The number of aliphatic hydroxyl groups is 2. The smallest absolute Gasteiger partial charge is 0.269 e. The number of pyridine rings is 1. The summed E-state index contributed by atoms with van der Waals surface area (Å²) in [5, 5.41) is 42.5. The molecule has 2 aromatic rings. The maximum absolute atomic E-state index is 12.0. The molecule has 4 rings (SSSR count). The minimum Gasteiger partial charge on any atom is -0.389 e. The van der Waals surface area contributed by atoms with E-state index in [9.17, 15) is 25.5 Å². The molecule has 2 aliphatic rings.